The second kappa shape index (κ2) is 4.92. The van der Waals surface area contributed by atoms with Gasteiger partial charge in [0, 0.05) is 0 Å². The van der Waals surface area contributed by atoms with Crippen LogP contribution in [0.2, 0.25) is 0 Å². The van der Waals surface area contributed by atoms with Gasteiger partial charge in [0.1, 0.15) is 11.7 Å². The minimum absolute atomic E-state index is 0.0489. The van der Waals surface area contributed by atoms with E-state index in [2.05, 4.69) is 24.0 Å². The lowest BCUT2D eigenvalue weighted by Gasteiger charge is -2.34. The van der Waals surface area contributed by atoms with Crippen LogP contribution >= 0.6 is 0 Å². The van der Waals surface area contributed by atoms with Gasteiger partial charge in [-0.05, 0) is 37.2 Å². The molecule has 0 amide bonds. The summed E-state index contributed by atoms with van der Waals surface area (Å²) in [6, 6.07) is 1.41. The van der Waals surface area contributed by atoms with Crippen molar-refractivity contribution in [2.45, 2.75) is 45.6 Å². The van der Waals surface area contributed by atoms with Crippen molar-refractivity contribution in [3.63, 3.8) is 0 Å². The van der Waals surface area contributed by atoms with Gasteiger partial charge in [0.25, 0.3) is 0 Å². The van der Waals surface area contributed by atoms with Gasteiger partial charge in [-0.15, -0.1) is 5.10 Å². The van der Waals surface area contributed by atoms with E-state index in [9.17, 15) is 4.79 Å². The van der Waals surface area contributed by atoms with Crippen LogP contribution in [0.25, 0.3) is 0 Å². The molecule has 1 saturated carbocycles. The zero-order chi connectivity index (χ0) is 13.2. The lowest BCUT2D eigenvalue weighted by Crippen LogP contribution is -2.29. The zero-order valence-electron chi connectivity index (χ0n) is 10.7. The van der Waals surface area contributed by atoms with Gasteiger partial charge in [-0.25, -0.2) is 4.79 Å². The van der Waals surface area contributed by atoms with Gasteiger partial charge in [-0.2, -0.15) is 5.10 Å². The lowest BCUT2D eigenvalue weighted by atomic mass is 9.76. The number of carboxylic acid groups (broad SMARTS) is 1. The van der Waals surface area contributed by atoms with Crippen LogP contribution < -0.4 is 4.74 Å². The Morgan fingerprint density at radius 2 is 2.11 bits per heavy atom. The minimum atomic E-state index is -1.03. The summed E-state index contributed by atoms with van der Waals surface area (Å²) < 4.78 is 5.69. The third kappa shape index (κ3) is 2.97. The number of carbonyl (C=O) groups is 1. The first-order chi connectivity index (χ1) is 8.48. The first-order valence-electron chi connectivity index (χ1n) is 6.19. The number of nitrogens with zero attached hydrogens (tertiary/aromatic N) is 2. The van der Waals surface area contributed by atoms with Crippen molar-refractivity contribution < 1.29 is 14.6 Å². The average molecular weight is 250 g/mol. The van der Waals surface area contributed by atoms with E-state index in [1.807, 2.05) is 0 Å². The van der Waals surface area contributed by atoms with Crippen molar-refractivity contribution in [1.82, 2.24) is 10.2 Å². The molecule has 5 nitrogen and oxygen atoms in total. The van der Waals surface area contributed by atoms with Gasteiger partial charge in [-0.3, -0.25) is 0 Å². The third-order valence-corrected chi connectivity index (χ3v) is 3.48. The van der Waals surface area contributed by atoms with Crippen molar-refractivity contribution in [3.8, 4) is 5.88 Å². The molecular weight excluding hydrogens is 232 g/mol. The van der Waals surface area contributed by atoms with Crippen LogP contribution in [0.5, 0.6) is 5.88 Å². The molecular formula is C13H18N2O3. The van der Waals surface area contributed by atoms with Crippen LogP contribution in [0.4, 0.5) is 0 Å². The molecule has 1 aliphatic rings. The van der Waals surface area contributed by atoms with Crippen LogP contribution in [-0.4, -0.2) is 27.4 Å². The van der Waals surface area contributed by atoms with E-state index in [0.29, 0.717) is 5.41 Å². The molecule has 0 saturated heterocycles. The molecule has 1 aromatic heterocycles. The summed E-state index contributed by atoms with van der Waals surface area (Å²) in [6.45, 7) is 4.49. The second-order valence-electron chi connectivity index (χ2n) is 5.54. The molecule has 1 aromatic rings. The molecule has 0 unspecified atom stereocenters. The summed E-state index contributed by atoms with van der Waals surface area (Å²) in [7, 11) is 0. The summed E-state index contributed by atoms with van der Waals surface area (Å²) in [6.07, 6.45) is 5.44. The molecule has 0 spiro atoms. The van der Waals surface area contributed by atoms with Crippen molar-refractivity contribution in [2.24, 2.45) is 5.41 Å². The molecule has 1 aliphatic carbocycles. The Hall–Kier alpha value is -1.65. The number of hydrogen-bond acceptors (Lipinski definition) is 4. The number of hydrogen-bond donors (Lipinski definition) is 1. The van der Waals surface area contributed by atoms with Crippen LogP contribution in [0, 0.1) is 5.41 Å². The first-order valence-corrected chi connectivity index (χ1v) is 6.19. The summed E-state index contributed by atoms with van der Waals surface area (Å²) in [5, 5.41) is 16.5. The molecule has 0 aromatic carbocycles. The Labute approximate surface area is 106 Å². The number of aromatic nitrogens is 2. The zero-order valence-corrected chi connectivity index (χ0v) is 10.7. The highest BCUT2D eigenvalue weighted by atomic mass is 16.5. The maximum absolute atomic E-state index is 11.0. The molecule has 0 aliphatic heterocycles. The van der Waals surface area contributed by atoms with Crippen molar-refractivity contribution in [1.29, 1.82) is 0 Å². The number of ether oxygens (including phenoxy) is 1. The SMILES string of the molecule is CC1(C)CCC(Oc2nnccc2C(=O)O)CC1. The molecule has 0 atom stereocenters. The fraction of sp³-hybridized carbons (Fsp3) is 0.615. The van der Waals surface area contributed by atoms with Crippen LogP contribution in [0.3, 0.4) is 0 Å². The molecule has 2 rings (SSSR count). The van der Waals surface area contributed by atoms with Gasteiger partial charge in [0.05, 0.1) is 6.20 Å². The Bertz CT molecular complexity index is 436. The average Bonchev–Trinajstić information content (AvgIpc) is 2.32. The smallest absolute Gasteiger partial charge is 0.341 e. The Morgan fingerprint density at radius 3 is 2.72 bits per heavy atom. The molecule has 0 radical (unpaired) electrons. The summed E-state index contributed by atoms with van der Waals surface area (Å²) in [5.41, 5.74) is 0.438. The Balaban J connectivity index is 2.04. The van der Waals surface area contributed by atoms with Gasteiger partial charge in [0.2, 0.25) is 5.88 Å². The Kier molecular flexibility index (Phi) is 3.50. The molecule has 5 heteroatoms. The minimum Gasteiger partial charge on any atom is -0.477 e. The van der Waals surface area contributed by atoms with E-state index < -0.39 is 5.97 Å². The monoisotopic (exact) mass is 250 g/mol. The Morgan fingerprint density at radius 1 is 1.44 bits per heavy atom. The maximum atomic E-state index is 11.0. The molecule has 18 heavy (non-hydrogen) atoms. The normalized spacial score (nSPS) is 19.4. The van der Waals surface area contributed by atoms with Crippen molar-refractivity contribution >= 4 is 5.97 Å². The van der Waals surface area contributed by atoms with Crippen LogP contribution in [0.1, 0.15) is 49.9 Å². The molecule has 1 fully saturated rings. The quantitative estimate of drug-likeness (QED) is 0.892. The molecule has 0 bridgehead atoms. The van der Waals surface area contributed by atoms with Crippen molar-refractivity contribution in [3.05, 3.63) is 17.8 Å². The molecule has 98 valence electrons. The van der Waals surface area contributed by atoms with Gasteiger partial charge in [-0.1, -0.05) is 13.8 Å². The summed E-state index contributed by atoms with van der Waals surface area (Å²) in [4.78, 5) is 11.0. The highest BCUT2D eigenvalue weighted by Gasteiger charge is 2.29. The number of rotatable bonds is 3. The third-order valence-electron chi connectivity index (χ3n) is 3.48. The number of carboxylic acids is 1. The fourth-order valence-electron chi connectivity index (χ4n) is 2.22. The van der Waals surface area contributed by atoms with E-state index in [-0.39, 0.29) is 17.5 Å². The lowest BCUT2D eigenvalue weighted by molar-refractivity contribution is 0.0667. The van der Waals surface area contributed by atoms with Crippen LogP contribution in [0.15, 0.2) is 12.3 Å². The van der Waals surface area contributed by atoms with Crippen LogP contribution in [-0.2, 0) is 0 Å². The highest BCUT2D eigenvalue weighted by molar-refractivity contribution is 5.89. The van der Waals surface area contributed by atoms with E-state index in [0.717, 1.165) is 25.7 Å². The van der Waals surface area contributed by atoms with Gasteiger partial charge in [0.15, 0.2) is 0 Å². The van der Waals surface area contributed by atoms with E-state index in [1.165, 1.54) is 12.3 Å². The van der Waals surface area contributed by atoms with E-state index in [4.69, 9.17) is 9.84 Å². The predicted molar refractivity (Wildman–Crippen MR) is 65.7 cm³/mol. The summed E-state index contributed by atoms with van der Waals surface area (Å²) >= 11 is 0. The van der Waals surface area contributed by atoms with Gasteiger partial charge >= 0.3 is 5.97 Å². The van der Waals surface area contributed by atoms with Gasteiger partial charge < -0.3 is 9.84 Å². The topological polar surface area (TPSA) is 72.3 Å². The fourth-order valence-corrected chi connectivity index (χ4v) is 2.22. The highest BCUT2D eigenvalue weighted by Crippen LogP contribution is 2.36. The van der Waals surface area contributed by atoms with E-state index >= 15 is 0 Å². The van der Waals surface area contributed by atoms with E-state index in [1.54, 1.807) is 0 Å². The molecule has 1 N–H and O–H groups in total. The van der Waals surface area contributed by atoms with Crippen molar-refractivity contribution in [2.75, 3.05) is 0 Å². The molecule has 1 heterocycles. The second-order valence-corrected chi connectivity index (χ2v) is 5.54. The largest absolute Gasteiger partial charge is 0.477 e. The number of aromatic carboxylic acids is 1. The maximum Gasteiger partial charge on any atom is 0.341 e. The first kappa shape index (κ1) is 12.8. The summed E-state index contributed by atoms with van der Waals surface area (Å²) in [5.74, 6) is -0.897. The standard InChI is InChI=1S/C13H18N2O3/c1-13(2)6-3-9(4-7-13)18-11-10(12(16)17)5-8-14-15-11/h5,8-9H,3-4,6-7H2,1-2H3,(H,16,17). The predicted octanol–water partition coefficient (Wildman–Crippen LogP) is 2.52.